The van der Waals surface area contributed by atoms with Crippen LogP contribution in [0.5, 0.6) is 5.75 Å². The SMILES string of the molecule is C[C@H](NC(=O)[C@@H]1C[C@H]1c1ccc(F)cc1Cl)c1ccc(OCC(F)(F)F)cn1. The van der Waals surface area contributed by atoms with Gasteiger partial charge in [0.1, 0.15) is 11.6 Å². The van der Waals surface area contributed by atoms with Crippen molar-refractivity contribution >= 4 is 17.5 Å². The number of carbonyl (C=O) groups excluding carboxylic acids is 1. The first-order chi connectivity index (χ1) is 13.1. The molecule has 0 aliphatic heterocycles. The van der Waals surface area contributed by atoms with Crippen molar-refractivity contribution in [3.05, 3.63) is 58.6 Å². The Bertz CT molecular complexity index is 858. The molecule has 1 aromatic heterocycles. The van der Waals surface area contributed by atoms with Gasteiger partial charge in [-0.1, -0.05) is 17.7 Å². The molecule has 1 N–H and O–H groups in total. The molecule has 1 aliphatic rings. The molecule has 2 aromatic rings. The quantitative estimate of drug-likeness (QED) is 0.688. The molecule has 1 saturated carbocycles. The van der Waals surface area contributed by atoms with Crippen LogP contribution in [0.3, 0.4) is 0 Å². The van der Waals surface area contributed by atoms with Gasteiger partial charge in [-0.2, -0.15) is 13.2 Å². The van der Waals surface area contributed by atoms with Crippen molar-refractivity contribution in [1.29, 1.82) is 0 Å². The first kappa shape index (κ1) is 20.4. The highest BCUT2D eigenvalue weighted by Gasteiger charge is 2.45. The van der Waals surface area contributed by atoms with E-state index in [1.165, 1.54) is 30.5 Å². The van der Waals surface area contributed by atoms with E-state index in [-0.39, 0.29) is 23.5 Å². The number of amides is 1. The smallest absolute Gasteiger partial charge is 0.422 e. The average molecular weight is 417 g/mol. The fourth-order valence-corrected chi connectivity index (χ4v) is 3.23. The molecule has 28 heavy (non-hydrogen) atoms. The zero-order valence-corrected chi connectivity index (χ0v) is 15.5. The molecule has 0 spiro atoms. The first-order valence-electron chi connectivity index (χ1n) is 8.55. The summed E-state index contributed by atoms with van der Waals surface area (Å²) >= 11 is 6.04. The predicted octanol–water partition coefficient (Wildman–Crippen LogP) is 4.80. The summed E-state index contributed by atoms with van der Waals surface area (Å²) in [6, 6.07) is 6.55. The van der Waals surface area contributed by atoms with Crippen LogP contribution in [0.15, 0.2) is 36.5 Å². The molecule has 9 heteroatoms. The Balaban J connectivity index is 1.55. The maximum Gasteiger partial charge on any atom is 0.422 e. The molecule has 0 saturated heterocycles. The molecule has 4 nitrogen and oxygen atoms in total. The third kappa shape index (κ3) is 5.13. The Hall–Kier alpha value is -2.35. The van der Waals surface area contributed by atoms with Crippen molar-refractivity contribution in [3.63, 3.8) is 0 Å². The fourth-order valence-electron chi connectivity index (χ4n) is 2.92. The van der Waals surface area contributed by atoms with Crippen LogP contribution in [0.4, 0.5) is 17.6 Å². The minimum absolute atomic E-state index is 0.00666. The maximum atomic E-state index is 13.1. The number of ether oxygens (including phenoxy) is 1. The van der Waals surface area contributed by atoms with Crippen molar-refractivity contribution in [2.75, 3.05) is 6.61 Å². The molecule has 1 heterocycles. The Kier molecular flexibility index (Phi) is 5.79. The fraction of sp³-hybridized carbons (Fsp3) is 0.368. The number of carbonyl (C=O) groups is 1. The Morgan fingerprint density at radius 3 is 2.71 bits per heavy atom. The van der Waals surface area contributed by atoms with E-state index in [2.05, 4.69) is 15.0 Å². The van der Waals surface area contributed by atoms with Gasteiger partial charge in [-0.05, 0) is 49.1 Å². The molecule has 1 aromatic carbocycles. The third-order valence-electron chi connectivity index (χ3n) is 4.45. The van der Waals surface area contributed by atoms with Gasteiger partial charge in [0.25, 0.3) is 0 Å². The molecule has 1 fully saturated rings. The Morgan fingerprint density at radius 1 is 1.36 bits per heavy atom. The zero-order chi connectivity index (χ0) is 20.5. The highest BCUT2D eigenvalue weighted by Crippen LogP contribution is 2.50. The minimum Gasteiger partial charge on any atom is -0.483 e. The van der Waals surface area contributed by atoms with E-state index in [1.54, 1.807) is 13.0 Å². The number of pyridine rings is 1. The van der Waals surface area contributed by atoms with Gasteiger partial charge in [-0.25, -0.2) is 4.39 Å². The summed E-state index contributed by atoms with van der Waals surface area (Å²) < 4.78 is 54.2. The van der Waals surface area contributed by atoms with E-state index >= 15 is 0 Å². The minimum atomic E-state index is -4.42. The molecule has 0 unspecified atom stereocenters. The molecule has 3 rings (SSSR count). The van der Waals surface area contributed by atoms with E-state index in [0.717, 1.165) is 5.56 Å². The molecule has 1 aliphatic carbocycles. The van der Waals surface area contributed by atoms with Crippen LogP contribution >= 0.6 is 11.6 Å². The number of nitrogens with zero attached hydrogens (tertiary/aromatic N) is 1. The van der Waals surface area contributed by atoms with Crippen LogP contribution in [-0.4, -0.2) is 23.7 Å². The second-order valence-electron chi connectivity index (χ2n) is 6.67. The zero-order valence-electron chi connectivity index (χ0n) is 14.8. The van der Waals surface area contributed by atoms with Crippen molar-refractivity contribution in [1.82, 2.24) is 10.3 Å². The molecule has 3 atom stereocenters. The van der Waals surface area contributed by atoms with E-state index in [4.69, 9.17) is 11.6 Å². The molecular formula is C19H17ClF4N2O2. The van der Waals surface area contributed by atoms with Crippen LogP contribution < -0.4 is 10.1 Å². The van der Waals surface area contributed by atoms with Gasteiger partial charge >= 0.3 is 6.18 Å². The summed E-state index contributed by atoms with van der Waals surface area (Å²) in [6.07, 6.45) is -2.63. The molecular weight excluding hydrogens is 400 g/mol. The standard InChI is InChI=1S/C19H17ClF4N2O2/c1-10(17-5-3-12(8-25-17)28-9-19(22,23)24)26-18(27)15-7-14(15)13-4-2-11(21)6-16(13)20/h2-6,8,10,14-15H,7,9H2,1H3,(H,26,27)/t10-,14-,15+/m0/s1. The van der Waals surface area contributed by atoms with Gasteiger partial charge in [-0.3, -0.25) is 9.78 Å². The number of nitrogens with one attached hydrogen (secondary N) is 1. The monoisotopic (exact) mass is 416 g/mol. The highest BCUT2D eigenvalue weighted by atomic mass is 35.5. The molecule has 0 radical (unpaired) electrons. The van der Waals surface area contributed by atoms with Gasteiger partial charge in [-0.15, -0.1) is 0 Å². The number of hydrogen-bond acceptors (Lipinski definition) is 3. The lowest BCUT2D eigenvalue weighted by Crippen LogP contribution is -2.29. The van der Waals surface area contributed by atoms with Crippen molar-refractivity contribution in [2.24, 2.45) is 5.92 Å². The largest absolute Gasteiger partial charge is 0.483 e. The average Bonchev–Trinajstić information content (AvgIpc) is 3.40. The summed E-state index contributed by atoms with van der Waals surface area (Å²) in [5.41, 5.74) is 1.23. The maximum absolute atomic E-state index is 13.1. The predicted molar refractivity (Wildman–Crippen MR) is 94.6 cm³/mol. The van der Waals surface area contributed by atoms with Gasteiger partial charge in [0.2, 0.25) is 5.91 Å². The second-order valence-corrected chi connectivity index (χ2v) is 7.07. The summed E-state index contributed by atoms with van der Waals surface area (Å²) in [5.74, 6) is -0.950. The molecule has 150 valence electrons. The van der Waals surface area contributed by atoms with E-state index in [1.807, 2.05) is 0 Å². The third-order valence-corrected chi connectivity index (χ3v) is 4.78. The van der Waals surface area contributed by atoms with Gasteiger partial charge in [0.05, 0.1) is 17.9 Å². The van der Waals surface area contributed by atoms with Gasteiger partial charge in [0, 0.05) is 10.9 Å². The van der Waals surface area contributed by atoms with Gasteiger partial charge in [0.15, 0.2) is 6.61 Å². The normalized spacial score (nSPS) is 19.8. The van der Waals surface area contributed by atoms with E-state index in [0.29, 0.717) is 17.1 Å². The van der Waals surface area contributed by atoms with Crippen LogP contribution in [0, 0.1) is 11.7 Å². The second kappa shape index (κ2) is 7.95. The number of halogens is 5. The summed E-state index contributed by atoms with van der Waals surface area (Å²) in [5, 5.41) is 3.12. The molecule has 1 amide bonds. The summed E-state index contributed by atoms with van der Waals surface area (Å²) in [4.78, 5) is 16.5. The van der Waals surface area contributed by atoms with Crippen LogP contribution in [0.2, 0.25) is 5.02 Å². The highest BCUT2D eigenvalue weighted by molar-refractivity contribution is 6.31. The number of alkyl halides is 3. The van der Waals surface area contributed by atoms with Crippen molar-refractivity contribution < 1.29 is 27.1 Å². The lowest BCUT2D eigenvalue weighted by atomic mass is 10.1. The Morgan fingerprint density at radius 2 is 2.11 bits per heavy atom. The molecule has 0 bridgehead atoms. The van der Waals surface area contributed by atoms with Gasteiger partial charge < -0.3 is 10.1 Å². The van der Waals surface area contributed by atoms with Crippen LogP contribution in [-0.2, 0) is 4.79 Å². The summed E-state index contributed by atoms with van der Waals surface area (Å²) in [7, 11) is 0. The lowest BCUT2D eigenvalue weighted by Gasteiger charge is -2.14. The topological polar surface area (TPSA) is 51.2 Å². The Labute approximate surface area is 163 Å². The lowest BCUT2D eigenvalue weighted by molar-refractivity contribution is -0.153. The van der Waals surface area contributed by atoms with Crippen LogP contribution in [0.1, 0.15) is 36.6 Å². The number of rotatable bonds is 6. The summed E-state index contributed by atoms with van der Waals surface area (Å²) in [6.45, 7) is 0.327. The number of benzene rings is 1. The van der Waals surface area contributed by atoms with Crippen LogP contribution in [0.25, 0.3) is 0 Å². The number of aromatic nitrogens is 1. The van der Waals surface area contributed by atoms with E-state index in [9.17, 15) is 22.4 Å². The first-order valence-corrected chi connectivity index (χ1v) is 8.92. The van der Waals surface area contributed by atoms with E-state index < -0.39 is 24.6 Å². The number of hydrogen-bond donors (Lipinski definition) is 1. The van der Waals surface area contributed by atoms with Crippen molar-refractivity contribution in [3.8, 4) is 5.75 Å². The van der Waals surface area contributed by atoms with Crippen molar-refractivity contribution in [2.45, 2.75) is 31.5 Å².